The van der Waals surface area contributed by atoms with Crippen LogP contribution in [-0.2, 0) is 12.3 Å². The molecule has 0 fully saturated rings. The number of hydrogen-bond donors (Lipinski definition) is 0. The average molecular weight is 411 g/mol. The van der Waals surface area contributed by atoms with Crippen LogP contribution in [0.2, 0.25) is 5.02 Å². The van der Waals surface area contributed by atoms with E-state index in [1.165, 1.54) is 11.8 Å². The number of thioether (sulfide) groups is 1. The zero-order valence-corrected chi connectivity index (χ0v) is 16.3. The molecule has 0 N–H and O–H groups in total. The van der Waals surface area contributed by atoms with E-state index in [2.05, 4.69) is 31.9 Å². The van der Waals surface area contributed by atoms with Gasteiger partial charge in [-0.1, -0.05) is 46.7 Å². The van der Waals surface area contributed by atoms with Crippen molar-refractivity contribution in [3.8, 4) is 22.8 Å². The van der Waals surface area contributed by atoms with Gasteiger partial charge in [-0.25, -0.2) is 0 Å². The third-order valence-corrected chi connectivity index (χ3v) is 5.03. The number of rotatable bonds is 7. The molecule has 28 heavy (non-hydrogen) atoms. The Bertz CT molecular complexity index is 1090. The highest BCUT2D eigenvalue weighted by molar-refractivity contribution is 7.98. The average Bonchev–Trinajstić information content (AvgIpc) is 3.35. The monoisotopic (exact) mass is 410 g/mol. The van der Waals surface area contributed by atoms with Gasteiger partial charge >= 0.3 is 0 Å². The number of allylic oxidation sites excluding steroid dienone is 1. The van der Waals surface area contributed by atoms with Gasteiger partial charge in [0.1, 0.15) is 0 Å². The van der Waals surface area contributed by atoms with Gasteiger partial charge in [0.2, 0.25) is 11.7 Å². The highest BCUT2D eigenvalue weighted by Gasteiger charge is 2.16. The fourth-order valence-electron chi connectivity index (χ4n) is 2.59. The van der Waals surface area contributed by atoms with Crippen molar-refractivity contribution in [3.05, 3.63) is 72.4 Å². The Morgan fingerprint density at radius 3 is 2.79 bits per heavy atom. The van der Waals surface area contributed by atoms with Crippen molar-refractivity contribution in [2.24, 2.45) is 0 Å². The van der Waals surface area contributed by atoms with Gasteiger partial charge < -0.3 is 4.52 Å². The lowest BCUT2D eigenvalue weighted by Crippen LogP contribution is -2.00. The summed E-state index contributed by atoms with van der Waals surface area (Å²) in [6.45, 7) is 4.41. The maximum atomic E-state index is 6.02. The number of nitrogens with zero attached hydrogens (tertiary/aromatic N) is 6. The summed E-state index contributed by atoms with van der Waals surface area (Å²) in [5.41, 5.74) is 1.75. The molecule has 9 heteroatoms. The fraction of sp³-hybridized carbons (Fsp3) is 0.105. The van der Waals surface area contributed by atoms with Gasteiger partial charge in [-0.3, -0.25) is 9.55 Å². The molecule has 4 aromatic rings. The van der Waals surface area contributed by atoms with Crippen LogP contribution >= 0.6 is 23.4 Å². The number of benzene rings is 1. The molecule has 0 saturated carbocycles. The summed E-state index contributed by atoms with van der Waals surface area (Å²) in [5.74, 6) is 2.23. The molecule has 0 saturated heterocycles. The maximum absolute atomic E-state index is 6.02. The predicted molar refractivity (Wildman–Crippen MR) is 108 cm³/mol. The smallest absolute Gasteiger partial charge is 0.237 e. The Kier molecular flexibility index (Phi) is 5.50. The Hall–Kier alpha value is -2.97. The molecule has 0 bridgehead atoms. The van der Waals surface area contributed by atoms with Crippen LogP contribution in [0.1, 0.15) is 5.89 Å². The highest BCUT2D eigenvalue weighted by Crippen LogP contribution is 2.27. The van der Waals surface area contributed by atoms with Crippen molar-refractivity contribution < 1.29 is 4.52 Å². The largest absolute Gasteiger partial charge is 0.338 e. The van der Waals surface area contributed by atoms with E-state index in [0.717, 1.165) is 22.1 Å². The van der Waals surface area contributed by atoms with E-state index >= 15 is 0 Å². The Morgan fingerprint density at radius 2 is 2.00 bits per heavy atom. The lowest BCUT2D eigenvalue weighted by molar-refractivity contribution is 0.391. The van der Waals surface area contributed by atoms with Crippen molar-refractivity contribution >= 4 is 23.4 Å². The summed E-state index contributed by atoms with van der Waals surface area (Å²) in [6, 6.07) is 11.1. The van der Waals surface area contributed by atoms with Crippen LogP contribution < -0.4 is 0 Å². The standard InChI is InChI=1S/C19H15ClN6OS/c1-2-10-26-18(13-6-8-21-9-7-13)23-24-19(26)28-12-16-22-17(25-27-16)14-4-3-5-15(20)11-14/h2-9,11H,1,10,12H2. The molecule has 0 unspecified atom stereocenters. The van der Waals surface area contributed by atoms with E-state index in [0.29, 0.717) is 29.0 Å². The second-order valence-electron chi connectivity index (χ2n) is 5.75. The van der Waals surface area contributed by atoms with E-state index < -0.39 is 0 Å². The first-order valence-corrected chi connectivity index (χ1v) is 9.77. The quantitative estimate of drug-likeness (QED) is 0.327. The topological polar surface area (TPSA) is 82.5 Å². The molecule has 7 nitrogen and oxygen atoms in total. The number of aromatic nitrogens is 6. The molecule has 4 rings (SSSR count). The zero-order chi connectivity index (χ0) is 19.3. The second-order valence-corrected chi connectivity index (χ2v) is 7.13. The summed E-state index contributed by atoms with van der Waals surface area (Å²) >= 11 is 7.49. The number of halogens is 1. The van der Waals surface area contributed by atoms with Crippen LogP contribution in [0.25, 0.3) is 22.8 Å². The summed E-state index contributed by atoms with van der Waals surface area (Å²) < 4.78 is 7.35. The third kappa shape index (κ3) is 3.97. The Labute approximate surface area is 170 Å². The van der Waals surface area contributed by atoms with E-state index in [1.807, 2.05) is 34.9 Å². The van der Waals surface area contributed by atoms with Crippen LogP contribution in [-0.4, -0.2) is 29.9 Å². The van der Waals surface area contributed by atoms with E-state index in [-0.39, 0.29) is 0 Å². The van der Waals surface area contributed by atoms with Crippen LogP contribution in [0.5, 0.6) is 0 Å². The van der Waals surface area contributed by atoms with Crippen LogP contribution in [0.15, 0.2) is 71.1 Å². The molecule has 0 aliphatic heterocycles. The molecule has 1 aromatic carbocycles. The van der Waals surface area contributed by atoms with Gasteiger partial charge in [0.25, 0.3) is 0 Å². The lowest BCUT2D eigenvalue weighted by Gasteiger charge is -2.06. The van der Waals surface area contributed by atoms with Crippen LogP contribution in [0, 0.1) is 0 Å². The molecule has 3 heterocycles. The second kappa shape index (κ2) is 8.37. The Balaban J connectivity index is 1.53. The molecule has 0 atom stereocenters. The first-order chi connectivity index (χ1) is 13.7. The van der Waals surface area contributed by atoms with E-state index in [4.69, 9.17) is 16.1 Å². The van der Waals surface area contributed by atoms with Gasteiger partial charge in [-0.2, -0.15) is 4.98 Å². The van der Waals surface area contributed by atoms with Crippen molar-refractivity contribution in [1.82, 2.24) is 29.9 Å². The third-order valence-electron chi connectivity index (χ3n) is 3.84. The van der Waals surface area contributed by atoms with Crippen molar-refractivity contribution in [1.29, 1.82) is 0 Å². The van der Waals surface area contributed by atoms with Gasteiger partial charge in [-0.15, -0.1) is 16.8 Å². The molecule has 0 radical (unpaired) electrons. The summed E-state index contributed by atoms with van der Waals surface area (Å²) in [5, 5.41) is 14.0. The van der Waals surface area contributed by atoms with Crippen molar-refractivity contribution in [2.75, 3.05) is 0 Å². The maximum Gasteiger partial charge on any atom is 0.237 e. The molecule has 0 aliphatic carbocycles. The molecular weight excluding hydrogens is 396 g/mol. The van der Waals surface area contributed by atoms with E-state index in [9.17, 15) is 0 Å². The summed E-state index contributed by atoms with van der Waals surface area (Å²) in [4.78, 5) is 8.48. The van der Waals surface area contributed by atoms with Crippen molar-refractivity contribution in [3.63, 3.8) is 0 Å². The minimum absolute atomic E-state index is 0.471. The van der Waals surface area contributed by atoms with Crippen LogP contribution in [0.4, 0.5) is 0 Å². The highest BCUT2D eigenvalue weighted by atomic mass is 35.5. The number of hydrogen-bond acceptors (Lipinski definition) is 7. The first kappa shape index (κ1) is 18.4. The summed E-state index contributed by atoms with van der Waals surface area (Å²) in [6.07, 6.45) is 5.26. The molecule has 3 aromatic heterocycles. The summed E-state index contributed by atoms with van der Waals surface area (Å²) in [7, 11) is 0. The molecule has 0 amide bonds. The zero-order valence-electron chi connectivity index (χ0n) is 14.7. The molecule has 140 valence electrons. The lowest BCUT2D eigenvalue weighted by atomic mass is 10.2. The molecular formula is C19H15ClN6OS. The fourth-order valence-corrected chi connectivity index (χ4v) is 3.56. The van der Waals surface area contributed by atoms with Gasteiger partial charge in [0.05, 0.1) is 5.75 Å². The molecule has 0 spiro atoms. The predicted octanol–water partition coefficient (Wildman–Crippen LogP) is 4.52. The van der Waals surface area contributed by atoms with Gasteiger partial charge in [0.15, 0.2) is 11.0 Å². The van der Waals surface area contributed by atoms with Gasteiger partial charge in [-0.05, 0) is 24.3 Å². The van der Waals surface area contributed by atoms with Crippen LogP contribution in [0.3, 0.4) is 0 Å². The van der Waals surface area contributed by atoms with Crippen molar-refractivity contribution in [2.45, 2.75) is 17.5 Å². The Morgan fingerprint density at radius 1 is 1.14 bits per heavy atom. The minimum Gasteiger partial charge on any atom is -0.338 e. The minimum atomic E-state index is 0.471. The van der Waals surface area contributed by atoms with Gasteiger partial charge in [0, 0.05) is 35.1 Å². The SMILES string of the molecule is C=CCn1c(SCc2nc(-c3cccc(Cl)c3)no2)nnc1-c1ccncc1. The first-order valence-electron chi connectivity index (χ1n) is 8.40. The molecule has 0 aliphatic rings. The number of pyridine rings is 1. The normalized spacial score (nSPS) is 10.9. The van der Waals surface area contributed by atoms with E-state index in [1.54, 1.807) is 24.5 Å².